The Kier molecular flexibility index (Phi) is 6.74. The van der Waals surface area contributed by atoms with Crippen LogP contribution in [0.25, 0.3) is 10.8 Å². The highest BCUT2D eigenvalue weighted by atomic mass is 32.2. The Morgan fingerprint density at radius 1 is 1.12 bits per heavy atom. The molecule has 0 fully saturated rings. The molecule has 1 atom stereocenters. The quantitative estimate of drug-likeness (QED) is 0.696. The van der Waals surface area contributed by atoms with Gasteiger partial charge in [-0.2, -0.15) is 0 Å². The minimum absolute atomic E-state index is 0.0557. The number of fused-ring (bicyclic) bond motifs is 1. The number of rotatable bonds is 9. The molecule has 7 heteroatoms. The zero-order valence-electron chi connectivity index (χ0n) is 14.6. The summed E-state index contributed by atoms with van der Waals surface area (Å²) in [7, 11) is -3.44. The van der Waals surface area contributed by atoms with Gasteiger partial charge in [-0.25, -0.2) is 8.42 Å². The maximum Gasteiger partial charge on any atom is 0.308 e. The molecule has 1 amide bonds. The molecule has 2 N–H and O–H groups in total. The van der Waals surface area contributed by atoms with Gasteiger partial charge >= 0.3 is 5.97 Å². The van der Waals surface area contributed by atoms with Crippen LogP contribution in [0.5, 0.6) is 0 Å². The Morgan fingerprint density at radius 3 is 2.46 bits per heavy atom. The van der Waals surface area contributed by atoms with Crippen molar-refractivity contribution >= 4 is 32.5 Å². The summed E-state index contributed by atoms with van der Waals surface area (Å²) in [5.74, 6) is -3.18. The molecule has 0 saturated heterocycles. The van der Waals surface area contributed by atoms with Gasteiger partial charge in [0.1, 0.15) is 5.75 Å². The predicted molar refractivity (Wildman–Crippen MR) is 101 cm³/mol. The number of hydrogen-bond acceptors (Lipinski definition) is 4. The summed E-state index contributed by atoms with van der Waals surface area (Å²) in [5, 5.41) is 13.9. The van der Waals surface area contributed by atoms with Gasteiger partial charge in [0, 0.05) is 6.54 Å². The molecule has 0 aliphatic carbocycles. The zero-order chi connectivity index (χ0) is 19.2. The van der Waals surface area contributed by atoms with E-state index in [2.05, 4.69) is 5.32 Å². The molecule has 0 radical (unpaired) electrons. The lowest BCUT2D eigenvalue weighted by Gasteiger charge is -2.14. The molecule has 0 aromatic heterocycles. The number of hydrogen-bond donors (Lipinski definition) is 2. The Bertz CT molecular complexity index is 892. The molecular formula is C19H23NO5S. The molecule has 0 heterocycles. The molecule has 0 bridgehead atoms. The third kappa shape index (κ3) is 5.84. The smallest absolute Gasteiger partial charge is 0.308 e. The number of sulfone groups is 1. The summed E-state index contributed by atoms with van der Waals surface area (Å²) in [4.78, 5) is 23.3. The largest absolute Gasteiger partial charge is 0.481 e. The van der Waals surface area contributed by atoms with Gasteiger partial charge in [0.15, 0.2) is 9.84 Å². The van der Waals surface area contributed by atoms with E-state index in [1.54, 1.807) is 6.92 Å². The number of carboxylic acids is 1. The number of carbonyl (C=O) groups excluding carboxylic acids is 1. The van der Waals surface area contributed by atoms with Crippen molar-refractivity contribution in [3.05, 3.63) is 48.0 Å². The van der Waals surface area contributed by atoms with Gasteiger partial charge in [0.05, 0.1) is 11.7 Å². The summed E-state index contributed by atoms with van der Waals surface area (Å²) in [5.41, 5.74) is 0.851. The Balaban J connectivity index is 2.00. The van der Waals surface area contributed by atoms with Gasteiger partial charge < -0.3 is 10.4 Å². The van der Waals surface area contributed by atoms with Gasteiger partial charge in [-0.15, -0.1) is 0 Å². The van der Waals surface area contributed by atoms with E-state index >= 15 is 0 Å². The molecule has 0 spiro atoms. The molecule has 1 unspecified atom stereocenters. The second kappa shape index (κ2) is 8.80. The minimum Gasteiger partial charge on any atom is -0.481 e. The first kappa shape index (κ1) is 19.9. The van der Waals surface area contributed by atoms with Crippen molar-refractivity contribution in [2.45, 2.75) is 19.8 Å². The fourth-order valence-electron chi connectivity index (χ4n) is 2.77. The van der Waals surface area contributed by atoms with E-state index < -0.39 is 33.4 Å². The number of nitrogens with one attached hydrogen (secondary N) is 1. The monoisotopic (exact) mass is 377 g/mol. The van der Waals surface area contributed by atoms with E-state index in [-0.39, 0.29) is 18.7 Å². The van der Waals surface area contributed by atoms with Crippen LogP contribution in [-0.4, -0.2) is 43.5 Å². The van der Waals surface area contributed by atoms with Crippen molar-refractivity contribution < 1.29 is 23.1 Å². The van der Waals surface area contributed by atoms with E-state index in [0.29, 0.717) is 6.42 Å². The highest BCUT2D eigenvalue weighted by Crippen LogP contribution is 2.18. The van der Waals surface area contributed by atoms with E-state index in [0.717, 1.165) is 16.3 Å². The molecule has 140 valence electrons. The Labute approximate surface area is 153 Å². The van der Waals surface area contributed by atoms with Crippen LogP contribution in [0.3, 0.4) is 0 Å². The molecule has 0 aliphatic rings. The minimum atomic E-state index is -3.44. The van der Waals surface area contributed by atoms with Crippen LogP contribution in [-0.2, 0) is 25.8 Å². The average Bonchev–Trinajstić information content (AvgIpc) is 2.57. The summed E-state index contributed by atoms with van der Waals surface area (Å²) in [6.45, 7) is 1.61. The van der Waals surface area contributed by atoms with Crippen molar-refractivity contribution in [3.63, 3.8) is 0 Å². The summed E-state index contributed by atoms with van der Waals surface area (Å²) >= 11 is 0. The third-order valence-corrected chi connectivity index (χ3v) is 5.79. The standard InChI is InChI=1S/C19H23NO5S/c1-2-9-26(24,25)13-18(21)20-12-17(19(22)23)11-14-7-8-15-5-3-4-6-16(15)10-14/h3-8,10,17H,2,9,11-13H2,1H3,(H,20,21)(H,22,23). The first-order chi connectivity index (χ1) is 12.3. The molecule has 6 nitrogen and oxygen atoms in total. The zero-order valence-corrected chi connectivity index (χ0v) is 15.5. The maximum atomic E-state index is 11.8. The lowest BCUT2D eigenvalue weighted by molar-refractivity contribution is -0.141. The molecule has 0 saturated carbocycles. The molecule has 2 aromatic carbocycles. The van der Waals surface area contributed by atoms with E-state index in [1.807, 2.05) is 42.5 Å². The lowest BCUT2D eigenvalue weighted by atomic mass is 9.97. The van der Waals surface area contributed by atoms with E-state index in [4.69, 9.17) is 0 Å². The van der Waals surface area contributed by atoms with Crippen LogP contribution in [0.2, 0.25) is 0 Å². The molecular weight excluding hydrogens is 354 g/mol. The molecule has 0 aliphatic heterocycles. The fraction of sp³-hybridized carbons (Fsp3) is 0.368. The van der Waals surface area contributed by atoms with E-state index in [9.17, 15) is 23.1 Å². The maximum absolute atomic E-state index is 11.8. The van der Waals surface area contributed by atoms with E-state index in [1.165, 1.54) is 0 Å². The van der Waals surface area contributed by atoms with Gasteiger partial charge in [-0.05, 0) is 29.2 Å². The van der Waals surface area contributed by atoms with Crippen molar-refractivity contribution in [3.8, 4) is 0 Å². The number of benzene rings is 2. The molecule has 2 rings (SSSR count). The second-order valence-corrected chi connectivity index (χ2v) is 8.50. The van der Waals surface area contributed by atoms with Crippen LogP contribution in [0.1, 0.15) is 18.9 Å². The number of aliphatic carboxylic acids is 1. The van der Waals surface area contributed by atoms with Crippen LogP contribution in [0.15, 0.2) is 42.5 Å². The van der Waals surface area contributed by atoms with Gasteiger partial charge in [-0.1, -0.05) is 49.4 Å². The third-order valence-electron chi connectivity index (χ3n) is 4.06. The molecule has 26 heavy (non-hydrogen) atoms. The van der Waals surface area contributed by atoms with Gasteiger partial charge in [-0.3, -0.25) is 9.59 Å². The second-order valence-electron chi connectivity index (χ2n) is 6.32. The summed E-state index contributed by atoms with van der Waals surface area (Å²) < 4.78 is 23.3. The van der Waals surface area contributed by atoms with Crippen LogP contribution >= 0.6 is 0 Å². The van der Waals surface area contributed by atoms with Crippen molar-refractivity contribution in [1.29, 1.82) is 0 Å². The summed E-state index contributed by atoms with van der Waals surface area (Å²) in [6.07, 6.45) is 0.692. The normalized spacial score (nSPS) is 12.7. The predicted octanol–water partition coefficient (Wildman–Crippen LogP) is 2.02. The average molecular weight is 377 g/mol. The number of carboxylic acid groups (broad SMARTS) is 1. The lowest BCUT2D eigenvalue weighted by Crippen LogP contribution is -2.37. The van der Waals surface area contributed by atoms with Crippen LogP contribution in [0.4, 0.5) is 0 Å². The van der Waals surface area contributed by atoms with Crippen LogP contribution in [0, 0.1) is 5.92 Å². The first-order valence-electron chi connectivity index (χ1n) is 8.48. The fourth-order valence-corrected chi connectivity index (χ4v) is 4.04. The number of carbonyl (C=O) groups is 2. The SMILES string of the molecule is CCCS(=O)(=O)CC(=O)NCC(Cc1ccc2ccccc2c1)C(=O)O. The highest BCUT2D eigenvalue weighted by molar-refractivity contribution is 7.92. The van der Waals surface area contributed by atoms with Crippen molar-refractivity contribution in [1.82, 2.24) is 5.32 Å². The van der Waals surface area contributed by atoms with Crippen molar-refractivity contribution in [2.24, 2.45) is 5.92 Å². The van der Waals surface area contributed by atoms with Gasteiger partial charge in [0.25, 0.3) is 0 Å². The highest BCUT2D eigenvalue weighted by Gasteiger charge is 2.21. The first-order valence-corrected chi connectivity index (χ1v) is 10.3. The summed E-state index contributed by atoms with van der Waals surface area (Å²) in [6, 6.07) is 13.5. The Hall–Kier alpha value is -2.41. The molecule has 2 aromatic rings. The van der Waals surface area contributed by atoms with Crippen LogP contribution < -0.4 is 5.32 Å². The van der Waals surface area contributed by atoms with Gasteiger partial charge in [0.2, 0.25) is 5.91 Å². The topological polar surface area (TPSA) is 101 Å². The number of amides is 1. The van der Waals surface area contributed by atoms with Crippen molar-refractivity contribution in [2.75, 3.05) is 18.1 Å². The Morgan fingerprint density at radius 2 is 1.81 bits per heavy atom.